The quantitative estimate of drug-likeness (QED) is 0.634. The van der Waals surface area contributed by atoms with Crippen LogP contribution in [0.1, 0.15) is 32.1 Å². The number of aliphatic hydroxyl groups is 1. The molecule has 1 saturated carbocycles. The van der Waals surface area contributed by atoms with Crippen LogP contribution in [0.4, 0.5) is 0 Å². The largest absolute Gasteiger partial charge is 0.391 e. The Balaban J connectivity index is 1.67. The van der Waals surface area contributed by atoms with E-state index in [0.29, 0.717) is 6.04 Å². The number of hydrogen-bond acceptors (Lipinski definition) is 2. The minimum absolute atomic E-state index is 0.0611. The Kier molecular flexibility index (Phi) is 2.14. The summed E-state index contributed by atoms with van der Waals surface area (Å²) in [7, 11) is 0. The second kappa shape index (κ2) is 3.11. The van der Waals surface area contributed by atoms with Crippen molar-refractivity contribution in [1.29, 1.82) is 0 Å². The van der Waals surface area contributed by atoms with Gasteiger partial charge in [0.15, 0.2) is 0 Å². The van der Waals surface area contributed by atoms with Gasteiger partial charge in [0.2, 0.25) is 0 Å². The van der Waals surface area contributed by atoms with Gasteiger partial charge in [-0.1, -0.05) is 19.3 Å². The van der Waals surface area contributed by atoms with Crippen LogP contribution in [-0.4, -0.2) is 23.8 Å². The highest BCUT2D eigenvalue weighted by Gasteiger charge is 2.29. The van der Waals surface area contributed by atoms with Gasteiger partial charge >= 0.3 is 0 Å². The van der Waals surface area contributed by atoms with E-state index in [1.807, 2.05) is 0 Å². The highest BCUT2D eigenvalue weighted by molar-refractivity contribution is 4.86. The maximum Gasteiger partial charge on any atom is 0.0696 e. The first-order valence-electron chi connectivity index (χ1n) is 4.78. The van der Waals surface area contributed by atoms with Crippen molar-refractivity contribution in [2.75, 3.05) is 6.54 Å². The lowest BCUT2D eigenvalue weighted by Gasteiger charge is -2.36. The summed E-state index contributed by atoms with van der Waals surface area (Å²) in [5.41, 5.74) is 0. The van der Waals surface area contributed by atoms with Crippen molar-refractivity contribution < 1.29 is 5.11 Å². The molecule has 2 unspecified atom stereocenters. The van der Waals surface area contributed by atoms with E-state index in [1.165, 1.54) is 25.7 Å². The van der Waals surface area contributed by atoms with Gasteiger partial charge in [-0.25, -0.2) is 0 Å². The molecule has 64 valence electrons. The normalized spacial score (nSPS) is 34.1. The van der Waals surface area contributed by atoms with Gasteiger partial charge in [0.25, 0.3) is 0 Å². The van der Waals surface area contributed by atoms with E-state index >= 15 is 0 Å². The van der Waals surface area contributed by atoms with E-state index in [2.05, 4.69) is 5.32 Å². The average Bonchev–Trinajstić information content (AvgIpc) is 1.74. The summed E-state index contributed by atoms with van der Waals surface area (Å²) in [6.07, 6.45) is 6.24. The molecule has 0 aromatic rings. The molecule has 0 aromatic carbocycles. The van der Waals surface area contributed by atoms with E-state index in [0.717, 1.165) is 18.9 Å². The minimum atomic E-state index is -0.0611. The van der Waals surface area contributed by atoms with Crippen LogP contribution in [0, 0.1) is 5.92 Å². The SMILES string of the molecule is OC(CC1CCC1)C1CCN1. The van der Waals surface area contributed by atoms with Gasteiger partial charge < -0.3 is 10.4 Å². The van der Waals surface area contributed by atoms with Crippen LogP contribution < -0.4 is 5.32 Å². The van der Waals surface area contributed by atoms with Crippen LogP contribution >= 0.6 is 0 Å². The van der Waals surface area contributed by atoms with Crippen molar-refractivity contribution in [3.05, 3.63) is 0 Å². The first kappa shape index (κ1) is 7.56. The van der Waals surface area contributed by atoms with Crippen LogP contribution in [0.3, 0.4) is 0 Å². The smallest absolute Gasteiger partial charge is 0.0696 e. The van der Waals surface area contributed by atoms with Crippen LogP contribution in [0.15, 0.2) is 0 Å². The lowest BCUT2D eigenvalue weighted by atomic mass is 9.79. The molecule has 1 heterocycles. The Morgan fingerprint density at radius 3 is 2.45 bits per heavy atom. The molecular weight excluding hydrogens is 138 g/mol. The fraction of sp³-hybridized carbons (Fsp3) is 1.00. The maximum absolute atomic E-state index is 9.64. The van der Waals surface area contributed by atoms with Gasteiger partial charge in [0, 0.05) is 6.04 Å². The van der Waals surface area contributed by atoms with Gasteiger partial charge in [-0.15, -0.1) is 0 Å². The monoisotopic (exact) mass is 155 g/mol. The third kappa shape index (κ3) is 1.57. The molecule has 0 spiro atoms. The van der Waals surface area contributed by atoms with Crippen molar-refractivity contribution in [3.63, 3.8) is 0 Å². The van der Waals surface area contributed by atoms with Gasteiger partial charge in [-0.05, 0) is 25.3 Å². The molecule has 2 N–H and O–H groups in total. The Morgan fingerprint density at radius 1 is 1.36 bits per heavy atom. The molecule has 1 saturated heterocycles. The summed E-state index contributed by atoms with van der Waals surface area (Å²) in [4.78, 5) is 0. The first-order valence-corrected chi connectivity index (χ1v) is 4.78. The molecule has 1 aliphatic carbocycles. The van der Waals surface area contributed by atoms with Gasteiger partial charge in [0.1, 0.15) is 0 Å². The molecule has 2 aliphatic rings. The average molecular weight is 155 g/mol. The topological polar surface area (TPSA) is 32.3 Å². The zero-order valence-corrected chi connectivity index (χ0v) is 6.92. The molecule has 11 heavy (non-hydrogen) atoms. The third-order valence-corrected chi connectivity index (χ3v) is 3.13. The fourth-order valence-electron chi connectivity index (χ4n) is 1.87. The van der Waals surface area contributed by atoms with Crippen molar-refractivity contribution in [2.24, 2.45) is 5.92 Å². The van der Waals surface area contributed by atoms with E-state index in [4.69, 9.17) is 0 Å². The zero-order valence-electron chi connectivity index (χ0n) is 6.92. The summed E-state index contributed by atoms with van der Waals surface area (Å²) >= 11 is 0. The van der Waals surface area contributed by atoms with Crippen molar-refractivity contribution in [2.45, 2.75) is 44.2 Å². The molecule has 0 amide bonds. The van der Waals surface area contributed by atoms with Crippen molar-refractivity contribution >= 4 is 0 Å². The van der Waals surface area contributed by atoms with Crippen LogP contribution in [0.2, 0.25) is 0 Å². The summed E-state index contributed by atoms with van der Waals surface area (Å²) in [6.45, 7) is 1.10. The minimum Gasteiger partial charge on any atom is -0.391 e. The predicted molar refractivity (Wildman–Crippen MR) is 44.4 cm³/mol. The van der Waals surface area contributed by atoms with Gasteiger partial charge in [-0.3, -0.25) is 0 Å². The lowest BCUT2D eigenvalue weighted by Crippen LogP contribution is -2.51. The van der Waals surface area contributed by atoms with E-state index < -0.39 is 0 Å². The highest BCUT2D eigenvalue weighted by Crippen LogP contribution is 2.31. The summed E-state index contributed by atoms with van der Waals surface area (Å²) in [5, 5.41) is 12.9. The standard InChI is InChI=1S/C9H17NO/c11-9(8-4-5-10-8)6-7-2-1-3-7/h7-11H,1-6H2. The number of rotatable bonds is 3. The molecular formula is C9H17NO. The third-order valence-electron chi connectivity index (χ3n) is 3.13. The molecule has 2 heteroatoms. The lowest BCUT2D eigenvalue weighted by molar-refractivity contribution is 0.0585. The Hall–Kier alpha value is -0.0800. The van der Waals surface area contributed by atoms with Gasteiger partial charge in [-0.2, -0.15) is 0 Å². The second-order valence-electron chi connectivity index (χ2n) is 3.95. The maximum atomic E-state index is 9.64. The molecule has 2 rings (SSSR count). The Labute approximate surface area is 68.0 Å². The Bertz CT molecular complexity index is 130. The van der Waals surface area contributed by atoms with Crippen molar-refractivity contribution in [3.8, 4) is 0 Å². The molecule has 0 bridgehead atoms. The summed E-state index contributed by atoms with van der Waals surface area (Å²) < 4.78 is 0. The number of nitrogens with one attached hydrogen (secondary N) is 1. The molecule has 2 nitrogen and oxygen atoms in total. The zero-order chi connectivity index (χ0) is 7.68. The molecule has 1 aliphatic heterocycles. The molecule has 0 radical (unpaired) electrons. The van der Waals surface area contributed by atoms with Crippen LogP contribution in [0.5, 0.6) is 0 Å². The number of aliphatic hydroxyl groups excluding tert-OH is 1. The Morgan fingerprint density at radius 2 is 2.09 bits per heavy atom. The molecule has 0 aromatic heterocycles. The summed E-state index contributed by atoms with van der Waals surface area (Å²) in [5.74, 6) is 0.840. The molecule has 2 fully saturated rings. The van der Waals surface area contributed by atoms with E-state index in [9.17, 15) is 5.11 Å². The second-order valence-corrected chi connectivity index (χ2v) is 3.95. The van der Waals surface area contributed by atoms with Gasteiger partial charge in [0.05, 0.1) is 6.10 Å². The highest BCUT2D eigenvalue weighted by atomic mass is 16.3. The van der Waals surface area contributed by atoms with Crippen molar-refractivity contribution in [1.82, 2.24) is 5.32 Å². The van der Waals surface area contributed by atoms with E-state index in [-0.39, 0.29) is 6.10 Å². The number of hydrogen-bond donors (Lipinski definition) is 2. The predicted octanol–water partition coefficient (Wildman–Crippen LogP) is 0.899. The fourth-order valence-corrected chi connectivity index (χ4v) is 1.87. The molecule has 2 atom stereocenters. The van der Waals surface area contributed by atoms with E-state index in [1.54, 1.807) is 0 Å². The first-order chi connectivity index (χ1) is 5.36. The summed E-state index contributed by atoms with van der Waals surface area (Å²) in [6, 6.07) is 0.426. The van der Waals surface area contributed by atoms with Crippen LogP contribution in [0.25, 0.3) is 0 Å². The van der Waals surface area contributed by atoms with Crippen LogP contribution in [-0.2, 0) is 0 Å².